The molecule has 3 aromatic rings. The second-order valence-corrected chi connectivity index (χ2v) is 6.65. The van der Waals surface area contributed by atoms with Crippen molar-refractivity contribution in [3.05, 3.63) is 78.4 Å². The molecule has 1 aromatic carbocycles. The molecule has 1 N–H and O–H groups in total. The van der Waals surface area contributed by atoms with E-state index in [-0.39, 0.29) is 11.9 Å². The first-order valence-corrected chi connectivity index (χ1v) is 9.50. The second-order valence-electron chi connectivity index (χ2n) is 6.65. The number of pyridine rings is 1. The molecule has 0 saturated carbocycles. The third-order valence-electron chi connectivity index (χ3n) is 4.62. The van der Waals surface area contributed by atoms with Gasteiger partial charge in [-0.15, -0.1) is 0 Å². The molecule has 6 heteroatoms. The van der Waals surface area contributed by atoms with Gasteiger partial charge in [0.05, 0.1) is 11.6 Å². The smallest absolute Gasteiger partial charge is 0.257 e. The SMILES string of the molecule is CCCC[C@H](c1cccnc1)N(C)C(=O)c1cnc(Nc2ccccc2)nc1. The number of benzene rings is 1. The Morgan fingerprint density at radius 3 is 2.46 bits per heavy atom. The molecule has 0 aliphatic carbocycles. The zero-order chi connectivity index (χ0) is 19.8. The largest absolute Gasteiger partial charge is 0.335 e. The first-order chi connectivity index (χ1) is 13.7. The molecule has 2 aromatic heterocycles. The van der Waals surface area contributed by atoms with Crippen molar-refractivity contribution in [2.45, 2.75) is 32.2 Å². The quantitative estimate of drug-likeness (QED) is 0.622. The lowest BCUT2D eigenvalue weighted by atomic mass is 10.0. The van der Waals surface area contributed by atoms with Gasteiger partial charge in [0, 0.05) is 37.5 Å². The van der Waals surface area contributed by atoms with E-state index in [1.165, 1.54) is 0 Å². The van der Waals surface area contributed by atoms with Gasteiger partial charge in [0.15, 0.2) is 0 Å². The van der Waals surface area contributed by atoms with Crippen molar-refractivity contribution in [3.8, 4) is 0 Å². The number of amides is 1. The van der Waals surface area contributed by atoms with Crippen molar-refractivity contribution < 1.29 is 4.79 Å². The number of carbonyl (C=O) groups excluding carboxylic acids is 1. The van der Waals surface area contributed by atoms with Crippen LogP contribution >= 0.6 is 0 Å². The van der Waals surface area contributed by atoms with Crippen molar-refractivity contribution in [1.29, 1.82) is 0 Å². The van der Waals surface area contributed by atoms with Crippen molar-refractivity contribution in [2.24, 2.45) is 0 Å². The Morgan fingerprint density at radius 2 is 1.82 bits per heavy atom. The monoisotopic (exact) mass is 375 g/mol. The fourth-order valence-electron chi connectivity index (χ4n) is 3.05. The zero-order valence-corrected chi connectivity index (χ0v) is 16.2. The molecule has 1 amide bonds. The predicted molar refractivity (Wildman–Crippen MR) is 110 cm³/mol. The van der Waals surface area contributed by atoms with Crippen LogP contribution in [0.25, 0.3) is 0 Å². The molecule has 0 saturated heterocycles. The summed E-state index contributed by atoms with van der Waals surface area (Å²) in [4.78, 5) is 27.5. The van der Waals surface area contributed by atoms with E-state index in [0.717, 1.165) is 30.5 Å². The second kappa shape index (κ2) is 9.60. The third-order valence-corrected chi connectivity index (χ3v) is 4.62. The first-order valence-electron chi connectivity index (χ1n) is 9.50. The van der Waals surface area contributed by atoms with E-state index in [1.807, 2.05) is 55.7 Å². The number of unbranched alkanes of at least 4 members (excludes halogenated alkanes) is 1. The lowest BCUT2D eigenvalue weighted by Gasteiger charge is -2.28. The van der Waals surface area contributed by atoms with Gasteiger partial charge in [0.2, 0.25) is 5.95 Å². The summed E-state index contributed by atoms with van der Waals surface area (Å²) in [5.41, 5.74) is 2.40. The highest BCUT2D eigenvalue weighted by molar-refractivity contribution is 5.93. The maximum absolute atomic E-state index is 13.0. The van der Waals surface area contributed by atoms with Crippen molar-refractivity contribution >= 4 is 17.5 Å². The van der Waals surface area contributed by atoms with Gasteiger partial charge in [0.1, 0.15) is 0 Å². The molecular weight excluding hydrogens is 350 g/mol. The Bertz CT molecular complexity index is 868. The normalized spacial score (nSPS) is 11.6. The van der Waals surface area contributed by atoms with E-state index >= 15 is 0 Å². The molecule has 0 unspecified atom stereocenters. The topological polar surface area (TPSA) is 71.0 Å². The molecule has 0 spiro atoms. The molecule has 1 atom stereocenters. The van der Waals surface area contributed by atoms with Gasteiger partial charge >= 0.3 is 0 Å². The molecule has 0 radical (unpaired) electrons. The van der Waals surface area contributed by atoms with Gasteiger partial charge < -0.3 is 10.2 Å². The van der Waals surface area contributed by atoms with E-state index in [1.54, 1.807) is 23.5 Å². The highest BCUT2D eigenvalue weighted by Gasteiger charge is 2.23. The van der Waals surface area contributed by atoms with Crippen LogP contribution in [-0.4, -0.2) is 32.8 Å². The van der Waals surface area contributed by atoms with E-state index < -0.39 is 0 Å². The van der Waals surface area contributed by atoms with Crippen LogP contribution in [0, 0.1) is 0 Å². The lowest BCUT2D eigenvalue weighted by Crippen LogP contribution is -2.31. The summed E-state index contributed by atoms with van der Waals surface area (Å²) in [6.07, 6.45) is 9.70. The Hall–Kier alpha value is -3.28. The number of para-hydroxylation sites is 1. The molecule has 3 rings (SSSR count). The molecule has 0 aliphatic heterocycles. The maximum atomic E-state index is 13.0. The van der Waals surface area contributed by atoms with Gasteiger partial charge in [-0.2, -0.15) is 0 Å². The molecule has 0 fully saturated rings. The number of carbonyl (C=O) groups is 1. The van der Waals surface area contributed by atoms with E-state index in [9.17, 15) is 4.79 Å². The van der Waals surface area contributed by atoms with Crippen LogP contribution in [0.5, 0.6) is 0 Å². The van der Waals surface area contributed by atoms with Crippen LogP contribution in [0.2, 0.25) is 0 Å². The van der Waals surface area contributed by atoms with Gasteiger partial charge in [-0.1, -0.05) is 44.0 Å². The van der Waals surface area contributed by atoms with Crippen LogP contribution in [0.3, 0.4) is 0 Å². The number of anilines is 2. The Labute approximate surface area is 165 Å². The Morgan fingerprint density at radius 1 is 1.07 bits per heavy atom. The molecule has 6 nitrogen and oxygen atoms in total. The molecular formula is C22H25N5O. The Kier molecular flexibility index (Phi) is 6.68. The highest BCUT2D eigenvalue weighted by Crippen LogP contribution is 2.26. The summed E-state index contributed by atoms with van der Waals surface area (Å²) in [6.45, 7) is 2.15. The van der Waals surface area contributed by atoms with Gasteiger partial charge in [0.25, 0.3) is 5.91 Å². The predicted octanol–water partition coefficient (Wildman–Crippen LogP) is 4.62. The minimum atomic E-state index is -0.101. The zero-order valence-electron chi connectivity index (χ0n) is 16.2. The van der Waals surface area contributed by atoms with E-state index in [0.29, 0.717) is 11.5 Å². The minimum absolute atomic E-state index is 0.0247. The van der Waals surface area contributed by atoms with Gasteiger partial charge in [-0.3, -0.25) is 9.78 Å². The molecule has 0 aliphatic rings. The summed E-state index contributed by atoms with van der Waals surface area (Å²) >= 11 is 0. The summed E-state index contributed by atoms with van der Waals surface area (Å²) in [5.74, 6) is 0.358. The molecule has 144 valence electrons. The summed E-state index contributed by atoms with van der Waals surface area (Å²) in [7, 11) is 1.83. The number of hydrogen-bond acceptors (Lipinski definition) is 5. The summed E-state index contributed by atoms with van der Waals surface area (Å²) < 4.78 is 0. The molecule has 0 bridgehead atoms. The fourth-order valence-corrected chi connectivity index (χ4v) is 3.05. The van der Waals surface area contributed by atoms with E-state index in [2.05, 4.69) is 27.2 Å². The summed E-state index contributed by atoms with van der Waals surface area (Å²) in [6, 6.07) is 13.6. The van der Waals surface area contributed by atoms with Crippen molar-refractivity contribution in [2.75, 3.05) is 12.4 Å². The number of aromatic nitrogens is 3. The van der Waals surface area contributed by atoms with Crippen LogP contribution in [-0.2, 0) is 0 Å². The minimum Gasteiger partial charge on any atom is -0.335 e. The van der Waals surface area contributed by atoms with Gasteiger partial charge in [-0.25, -0.2) is 9.97 Å². The standard InChI is InChI=1S/C22H25N5O/c1-3-4-12-20(17-9-8-13-23-14-17)27(2)21(28)18-15-24-22(25-16-18)26-19-10-6-5-7-11-19/h5-11,13-16,20H,3-4,12H2,1-2H3,(H,24,25,26)/t20-/m1/s1. The highest BCUT2D eigenvalue weighted by atomic mass is 16.2. The average molecular weight is 375 g/mol. The van der Waals surface area contributed by atoms with Crippen LogP contribution in [0.15, 0.2) is 67.3 Å². The lowest BCUT2D eigenvalue weighted by molar-refractivity contribution is 0.0719. The molecule has 2 heterocycles. The number of nitrogens with one attached hydrogen (secondary N) is 1. The first kappa shape index (κ1) is 19.5. The fraction of sp³-hybridized carbons (Fsp3) is 0.273. The number of nitrogens with zero attached hydrogens (tertiary/aromatic N) is 4. The van der Waals surface area contributed by atoms with Crippen molar-refractivity contribution in [3.63, 3.8) is 0 Å². The third kappa shape index (κ3) is 4.91. The van der Waals surface area contributed by atoms with E-state index in [4.69, 9.17) is 0 Å². The number of hydrogen-bond donors (Lipinski definition) is 1. The van der Waals surface area contributed by atoms with Crippen LogP contribution in [0.4, 0.5) is 11.6 Å². The Balaban J connectivity index is 1.73. The maximum Gasteiger partial charge on any atom is 0.257 e. The van der Waals surface area contributed by atoms with Gasteiger partial charge in [-0.05, 0) is 30.2 Å². The average Bonchev–Trinajstić information content (AvgIpc) is 2.75. The number of rotatable bonds is 8. The summed E-state index contributed by atoms with van der Waals surface area (Å²) in [5, 5.41) is 3.12. The van der Waals surface area contributed by atoms with Crippen LogP contribution < -0.4 is 5.32 Å². The molecule has 28 heavy (non-hydrogen) atoms. The van der Waals surface area contributed by atoms with Crippen molar-refractivity contribution in [1.82, 2.24) is 19.9 Å². The van der Waals surface area contributed by atoms with Crippen LogP contribution in [0.1, 0.15) is 48.1 Å².